The minimum Gasteiger partial charge on any atom is -0.356 e. The molecule has 154 valence electrons. The highest BCUT2D eigenvalue weighted by molar-refractivity contribution is 5.76. The van der Waals surface area contributed by atoms with Gasteiger partial charge in [-0.1, -0.05) is 37.3 Å². The summed E-state index contributed by atoms with van der Waals surface area (Å²) in [5.74, 6) is 0.595. The van der Waals surface area contributed by atoms with Gasteiger partial charge in [0.25, 0.3) is 0 Å². The second kappa shape index (κ2) is 7.75. The summed E-state index contributed by atoms with van der Waals surface area (Å²) in [6.07, 6.45) is 1.24. The minimum atomic E-state index is -0.440. The molecule has 3 fully saturated rings. The zero-order valence-corrected chi connectivity index (χ0v) is 17.2. The van der Waals surface area contributed by atoms with Gasteiger partial charge in [-0.05, 0) is 18.8 Å². The molecule has 2 aliphatic heterocycles. The molecule has 2 saturated heterocycles. The average Bonchev–Trinajstić information content (AvgIpc) is 3.05. The Morgan fingerprint density at radius 2 is 1.96 bits per heavy atom. The number of ether oxygens (including phenoxy) is 4. The molecule has 1 aromatic carbocycles. The first-order chi connectivity index (χ1) is 13.5. The molecule has 1 unspecified atom stereocenters. The molecule has 1 saturated carbocycles. The molecule has 1 aliphatic carbocycles. The first-order valence-electron chi connectivity index (χ1n) is 10.2. The van der Waals surface area contributed by atoms with Crippen LogP contribution in [0.1, 0.15) is 38.0 Å². The second-order valence-electron chi connectivity index (χ2n) is 8.57. The Bertz CT molecular complexity index is 695. The van der Waals surface area contributed by atoms with E-state index in [1.807, 2.05) is 44.4 Å². The predicted octanol–water partition coefficient (Wildman–Crippen LogP) is 2.98. The van der Waals surface area contributed by atoms with Gasteiger partial charge in [0.05, 0.1) is 12.7 Å². The Labute approximate surface area is 167 Å². The van der Waals surface area contributed by atoms with Crippen LogP contribution in [0.5, 0.6) is 0 Å². The Morgan fingerprint density at radius 3 is 2.64 bits per heavy atom. The predicted molar refractivity (Wildman–Crippen MR) is 103 cm³/mol. The summed E-state index contributed by atoms with van der Waals surface area (Å²) >= 11 is 0. The molecule has 0 bridgehead atoms. The zero-order chi connectivity index (χ0) is 19.9. The highest BCUT2D eigenvalue weighted by Crippen LogP contribution is 2.60. The maximum Gasteiger partial charge on any atom is 0.222 e. The van der Waals surface area contributed by atoms with Gasteiger partial charge in [-0.25, -0.2) is 0 Å². The smallest absolute Gasteiger partial charge is 0.222 e. The topological polar surface area (TPSA) is 57.2 Å². The molecule has 0 aromatic heterocycles. The third kappa shape index (κ3) is 3.16. The van der Waals surface area contributed by atoms with Crippen LogP contribution < -0.4 is 0 Å². The highest BCUT2D eigenvalue weighted by atomic mass is 16.7. The van der Waals surface area contributed by atoms with Crippen molar-refractivity contribution in [1.29, 1.82) is 0 Å². The van der Waals surface area contributed by atoms with Crippen molar-refractivity contribution in [2.75, 3.05) is 27.8 Å². The van der Waals surface area contributed by atoms with Gasteiger partial charge in [-0.15, -0.1) is 0 Å². The largest absolute Gasteiger partial charge is 0.356 e. The number of hydrogen-bond donors (Lipinski definition) is 0. The molecule has 0 spiro atoms. The van der Waals surface area contributed by atoms with Crippen molar-refractivity contribution in [3.8, 4) is 0 Å². The number of hydrogen-bond acceptors (Lipinski definition) is 5. The van der Waals surface area contributed by atoms with E-state index in [1.165, 1.54) is 0 Å². The molecule has 4 rings (SSSR count). The van der Waals surface area contributed by atoms with Crippen molar-refractivity contribution in [3.63, 3.8) is 0 Å². The minimum absolute atomic E-state index is 0.126. The molecule has 1 amide bonds. The fourth-order valence-corrected chi connectivity index (χ4v) is 5.42. The molecule has 0 N–H and O–H groups in total. The maximum atomic E-state index is 12.9. The maximum absolute atomic E-state index is 12.9. The van der Waals surface area contributed by atoms with Crippen LogP contribution in [0.2, 0.25) is 0 Å². The average molecular weight is 389 g/mol. The van der Waals surface area contributed by atoms with Gasteiger partial charge < -0.3 is 23.8 Å². The van der Waals surface area contributed by atoms with E-state index in [1.54, 1.807) is 12.0 Å². The normalized spacial score (nSPS) is 39.9. The van der Waals surface area contributed by atoms with Gasteiger partial charge in [0, 0.05) is 44.5 Å². The third-order valence-electron chi connectivity index (χ3n) is 6.97. The lowest BCUT2D eigenvalue weighted by Gasteiger charge is -2.56. The fraction of sp³-hybridized carbons (Fsp3) is 0.682. The van der Waals surface area contributed by atoms with Gasteiger partial charge in [-0.3, -0.25) is 4.79 Å². The van der Waals surface area contributed by atoms with Gasteiger partial charge in [-0.2, -0.15) is 0 Å². The molecular formula is C22H31NO5. The number of carbonyl (C=O) groups excluding carboxylic acids is 1. The molecule has 2 heterocycles. The van der Waals surface area contributed by atoms with Gasteiger partial charge in [0.2, 0.25) is 5.91 Å². The second-order valence-corrected chi connectivity index (χ2v) is 8.57. The number of fused-ring (bicyclic) bond motifs is 3. The summed E-state index contributed by atoms with van der Waals surface area (Å²) < 4.78 is 24.6. The number of rotatable bonds is 4. The number of carbonyl (C=O) groups is 1. The zero-order valence-electron chi connectivity index (χ0n) is 17.2. The lowest BCUT2D eigenvalue weighted by molar-refractivity contribution is -0.364. The molecular weight excluding hydrogens is 358 g/mol. The van der Waals surface area contributed by atoms with Crippen LogP contribution in [0, 0.1) is 17.3 Å². The molecule has 28 heavy (non-hydrogen) atoms. The summed E-state index contributed by atoms with van der Waals surface area (Å²) in [6.45, 7) is 2.68. The van der Waals surface area contributed by atoms with Gasteiger partial charge in [0.1, 0.15) is 6.10 Å². The summed E-state index contributed by atoms with van der Waals surface area (Å²) in [5.41, 5.74) is 0.674. The van der Waals surface area contributed by atoms with Crippen LogP contribution in [0.25, 0.3) is 0 Å². The van der Waals surface area contributed by atoms with Crippen molar-refractivity contribution >= 4 is 5.91 Å². The lowest BCUT2D eigenvalue weighted by atomic mass is 9.62. The first kappa shape index (κ1) is 19.8. The lowest BCUT2D eigenvalue weighted by Crippen LogP contribution is -2.63. The van der Waals surface area contributed by atoms with Crippen LogP contribution in [0.4, 0.5) is 0 Å². The van der Waals surface area contributed by atoms with Crippen molar-refractivity contribution in [1.82, 2.24) is 4.90 Å². The molecule has 0 radical (unpaired) electrons. The molecule has 7 atom stereocenters. The van der Waals surface area contributed by atoms with Crippen molar-refractivity contribution < 1.29 is 23.7 Å². The van der Waals surface area contributed by atoms with E-state index in [9.17, 15) is 4.79 Å². The Morgan fingerprint density at radius 1 is 1.21 bits per heavy atom. The number of nitrogens with zero attached hydrogens (tertiary/aromatic N) is 1. The van der Waals surface area contributed by atoms with Crippen molar-refractivity contribution in [2.24, 2.45) is 17.3 Å². The van der Waals surface area contributed by atoms with E-state index < -0.39 is 6.29 Å². The quantitative estimate of drug-likeness (QED) is 0.792. The van der Waals surface area contributed by atoms with Gasteiger partial charge >= 0.3 is 0 Å². The Balaban J connectivity index is 1.71. The van der Waals surface area contributed by atoms with Gasteiger partial charge in [0.15, 0.2) is 12.6 Å². The molecule has 1 aromatic rings. The van der Waals surface area contributed by atoms with Crippen LogP contribution in [-0.2, 0) is 23.7 Å². The molecule has 6 nitrogen and oxygen atoms in total. The van der Waals surface area contributed by atoms with Crippen LogP contribution in [0.3, 0.4) is 0 Å². The summed E-state index contributed by atoms with van der Waals surface area (Å²) in [7, 11) is 5.31. The standard InChI is InChI=1S/C22H31NO5/c1-14-10-11-16-21(25-4)27-17-13-26-20(15-8-6-5-7-9-15)28-19(17)22(14,16)12-18(24)23(2)3/h5-9,14,16-17,19-21H,10-13H2,1-4H3/t14?,16-,17+,19+,20+,21-,22-/m0/s1. The Hall–Kier alpha value is -1.47. The Kier molecular flexibility index (Phi) is 5.49. The van der Waals surface area contributed by atoms with E-state index in [0.29, 0.717) is 18.9 Å². The van der Waals surface area contributed by atoms with E-state index >= 15 is 0 Å². The molecule has 6 heteroatoms. The number of amides is 1. The SMILES string of the molecule is CO[C@H]1O[C@@H]2CO[C@@H](c3ccccc3)O[C@H]2[C@@]2(CC(=O)N(C)C)C(C)CC[C@@H]12. The molecule has 3 aliphatic rings. The van der Waals surface area contributed by atoms with Crippen molar-refractivity contribution in [3.05, 3.63) is 35.9 Å². The fourth-order valence-electron chi connectivity index (χ4n) is 5.42. The first-order valence-corrected chi connectivity index (χ1v) is 10.2. The van der Waals surface area contributed by atoms with E-state index in [2.05, 4.69) is 6.92 Å². The van der Waals surface area contributed by atoms with Crippen LogP contribution in [-0.4, -0.2) is 57.1 Å². The monoisotopic (exact) mass is 389 g/mol. The summed E-state index contributed by atoms with van der Waals surface area (Å²) in [6, 6.07) is 9.98. The van der Waals surface area contributed by atoms with E-state index in [4.69, 9.17) is 18.9 Å². The number of methoxy groups -OCH3 is 1. The summed E-state index contributed by atoms with van der Waals surface area (Å²) in [5, 5.41) is 0. The highest BCUT2D eigenvalue weighted by Gasteiger charge is 2.64. The van der Waals surface area contributed by atoms with Crippen LogP contribution in [0.15, 0.2) is 30.3 Å². The van der Waals surface area contributed by atoms with E-state index in [0.717, 1.165) is 18.4 Å². The van der Waals surface area contributed by atoms with E-state index in [-0.39, 0.29) is 35.7 Å². The number of benzene rings is 1. The van der Waals surface area contributed by atoms with Crippen LogP contribution >= 0.6 is 0 Å². The van der Waals surface area contributed by atoms with Crippen molar-refractivity contribution in [2.45, 2.75) is 51.0 Å². The summed E-state index contributed by atoms with van der Waals surface area (Å²) in [4.78, 5) is 14.6. The third-order valence-corrected chi connectivity index (χ3v) is 6.97.